The summed E-state index contributed by atoms with van der Waals surface area (Å²) in [7, 11) is 0. The molecular formula is C7H14O5. The molecular weight excluding hydrogens is 164 g/mol. The highest BCUT2D eigenvalue weighted by Gasteiger charge is 2.39. The zero-order valence-electron chi connectivity index (χ0n) is 7.06. The van der Waals surface area contributed by atoms with Gasteiger partial charge in [0, 0.05) is 0 Å². The Bertz CT molecular complexity index is 163. The van der Waals surface area contributed by atoms with Crippen LogP contribution in [0.2, 0.25) is 0 Å². The second-order valence-electron chi connectivity index (χ2n) is 2.91. The van der Waals surface area contributed by atoms with Gasteiger partial charge in [-0.1, -0.05) is 0 Å². The first-order chi connectivity index (χ1) is 5.34. The minimum absolute atomic E-state index is 0.864. The van der Waals surface area contributed by atoms with Gasteiger partial charge in [-0.25, -0.2) is 0 Å². The molecule has 0 spiro atoms. The second-order valence-corrected chi connectivity index (χ2v) is 2.91. The van der Waals surface area contributed by atoms with E-state index in [9.17, 15) is 9.90 Å². The number of Topliss-reactive ketones (excluding diaryl/α,β-unsaturated/α-hetero) is 1. The average Bonchev–Trinajstić information content (AvgIpc) is 2.01. The molecule has 12 heavy (non-hydrogen) atoms. The predicted molar refractivity (Wildman–Crippen MR) is 40.4 cm³/mol. The Hall–Kier alpha value is -0.490. The van der Waals surface area contributed by atoms with Crippen molar-refractivity contribution in [2.45, 2.75) is 31.7 Å². The van der Waals surface area contributed by atoms with Gasteiger partial charge in [-0.2, -0.15) is 0 Å². The fourth-order valence-electron chi connectivity index (χ4n) is 0.795. The summed E-state index contributed by atoms with van der Waals surface area (Å²) in [5, 5.41) is 35.7. The summed E-state index contributed by atoms with van der Waals surface area (Å²) in [6.07, 6.45) is -2.81. The molecule has 5 nitrogen and oxygen atoms in total. The molecule has 72 valence electrons. The molecule has 0 aromatic carbocycles. The molecule has 0 amide bonds. The van der Waals surface area contributed by atoms with E-state index in [1.807, 2.05) is 0 Å². The van der Waals surface area contributed by atoms with Gasteiger partial charge in [0.1, 0.15) is 12.7 Å². The maximum Gasteiger partial charge on any atom is 0.192 e. The van der Waals surface area contributed by atoms with Crippen LogP contribution >= 0.6 is 0 Å². The Labute approximate surface area is 70.3 Å². The summed E-state index contributed by atoms with van der Waals surface area (Å²) in [4.78, 5) is 10.8. The van der Waals surface area contributed by atoms with E-state index in [1.54, 1.807) is 0 Å². The molecule has 3 atom stereocenters. The molecule has 0 saturated carbocycles. The Morgan fingerprint density at radius 1 is 1.50 bits per heavy atom. The highest BCUT2D eigenvalue weighted by Crippen LogP contribution is 2.14. The van der Waals surface area contributed by atoms with Crippen LogP contribution in [-0.4, -0.2) is 50.6 Å². The van der Waals surface area contributed by atoms with Crippen molar-refractivity contribution in [1.82, 2.24) is 0 Å². The molecule has 0 heterocycles. The zero-order chi connectivity index (χ0) is 9.94. The maximum absolute atomic E-state index is 10.8. The van der Waals surface area contributed by atoms with Crippen LogP contribution in [-0.2, 0) is 4.79 Å². The molecule has 0 unspecified atom stereocenters. The highest BCUT2D eigenvalue weighted by molar-refractivity contribution is 5.88. The quantitative estimate of drug-likeness (QED) is 0.401. The number of carbonyl (C=O) groups excluding carboxylic acids is 1. The molecule has 0 aliphatic carbocycles. The lowest BCUT2D eigenvalue weighted by molar-refractivity contribution is -0.159. The molecule has 0 radical (unpaired) electrons. The minimum Gasteiger partial charge on any atom is -0.391 e. The fourth-order valence-corrected chi connectivity index (χ4v) is 0.795. The van der Waals surface area contributed by atoms with Gasteiger partial charge in [-0.05, 0) is 13.8 Å². The molecule has 0 rings (SSSR count). The fraction of sp³-hybridized carbons (Fsp3) is 0.857. The predicted octanol–water partition coefficient (Wildman–Crippen LogP) is -1.96. The van der Waals surface area contributed by atoms with Crippen LogP contribution in [0.25, 0.3) is 0 Å². The van der Waals surface area contributed by atoms with Crippen molar-refractivity contribution >= 4 is 5.78 Å². The van der Waals surface area contributed by atoms with Crippen LogP contribution < -0.4 is 0 Å². The van der Waals surface area contributed by atoms with E-state index in [4.69, 9.17) is 15.3 Å². The first kappa shape index (κ1) is 11.5. The normalized spacial score (nSPS) is 21.2. The summed E-state index contributed by atoms with van der Waals surface area (Å²) in [6, 6.07) is 0. The zero-order valence-corrected chi connectivity index (χ0v) is 7.06. The second kappa shape index (κ2) is 3.95. The van der Waals surface area contributed by atoms with Gasteiger partial charge in [0.05, 0.1) is 6.10 Å². The largest absolute Gasteiger partial charge is 0.391 e. The van der Waals surface area contributed by atoms with Crippen LogP contribution in [0.15, 0.2) is 0 Å². The first-order valence-electron chi connectivity index (χ1n) is 3.56. The SMILES string of the molecule is C[C@@H](O)[C@H](O)[C@@](C)(O)C(=O)CO. The molecule has 0 aromatic rings. The number of rotatable bonds is 4. The van der Waals surface area contributed by atoms with Crippen LogP contribution in [0.5, 0.6) is 0 Å². The summed E-state index contributed by atoms with van der Waals surface area (Å²) >= 11 is 0. The topological polar surface area (TPSA) is 98.0 Å². The lowest BCUT2D eigenvalue weighted by atomic mass is 9.91. The van der Waals surface area contributed by atoms with Gasteiger partial charge >= 0.3 is 0 Å². The van der Waals surface area contributed by atoms with Crippen molar-refractivity contribution in [2.75, 3.05) is 6.61 Å². The van der Waals surface area contributed by atoms with Crippen molar-refractivity contribution in [1.29, 1.82) is 0 Å². The molecule has 0 bridgehead atoms. The van der Waals surface area contributed by atoms with Gasteiger partial charge in [-0.15, -0.1) is 0 Å². The lowest BCUT2D eigenvalue weighted by Crippen LogP contribution is -2.52. The number of carbonyl (C=O) groups is 1. The molecule has 0 aliphatic heterocycles. The third-order valence-corrected chi connectivity index (χ3v) is 1.74. The van der Waals surface area contributed by atoms with Crippen molar-refractivity contribution < 1.29 is 25.2 Å². The van der Waals surface area contributed by atoms with Crippen LogP contribution in [0.1, 0.15) is 13.8 Å². The monoisotopic (exact) mass is 178 g/mol. The number of ketones is 1. The molecule has 0 fully saturated rings. The Kier molecular flexibility index (Phi) is 3.79. The van der Waals surface area contributed by atoms with Crippen molar-refractivity contribution in [3.63, 3.8) is 0 Å². The van der Waals surface area contributed by atoms with E-state index < -0.39 is 30.2 Å². The lowest BCUT2D eigenvalue weighted by Gasteiger charge is -2.28. The van der Waals surface area contributed by atoms with E-state index in [-0.39, 0.29) is 0 Å². The first-order valence-corrected chi connectivity index (χ1v) is 3.56. The van der Waals surface area contributed by atoms with Crippen LogP contribution in [0, 0.1) is 0 Å². The number of hydrogen-bond acceptors (Lipinski definition) is 5. The maximum atomic E-state index is 10.8. The van der Waals surface area contributed by atoms with E-state index in [2.05, 4.69) is 0 Å². The minimum atomic E-state index is -2.09. The third-order valence-electron chi connectivity index (χ3n) is 1.74. The molecule has 4 N–H and O–H groups in total. The highest BCUT2D eigenvalue weighted by atomic mass is 16.4. The summed E-state index contributed by atoms with van der Waals surface area (Å²) < 4.78 is 0. The summed E-state index contributed by atoms with van der Waals surface area (Å²) in [6.45, 7) is 1.42. The Balaban J connectivity index is 4.48. The smallest absolute Gasteiger partial charge is 0.192 e. The molecule has 0 saturated heterocycles. The molecule has 0 aliphatic rings. The van der Waals surface area contributed by atoms with Crippen LogP contribution in [0.3, 0.4) is 0 Å². The van der Waals surface area contributed by atoms with Gasteiger partial charge in [0.25, 0.3) is 0 Å². The standard InChI is InChI=1S/C7H14O5/c1-4(9)6(11)7(2,12)5(10)3-8/h4,6,8-9,11-12H,3H2,1-2H3/t4-,6+,7+/m1/s1. The number of aliphatic hydroxyl groups excluding tert-OH is 3. The van der Waals surface area contributed by atoms with E-state index in [0.29, 0.717) is 0 Å². The van der Waals surface area contributed by atoms with E-state index in [1.165, 1.54) is 6.92 Å². The Morgan fingerprint density at radius 2 is 1.92 bits per heavy atom. The molecule has 5 heteroatoms. The van der Waals surface area contributed by atoms with Crippen LogP contribution in [0.4, 0.5) is 0 Å². The summed E-state index contributed by atoms with van der Waals surface area (Å²) in [5.41, 5.74) is -2.09. The van der Waals surface area contributed by atoms with Crippen molar-refractivity contribution in [3.05, 3.63) is 0 Å². The average molecular weight is 178 g/mol. The van der Waals surface area contributed by atoms with E-state index >= 15 is 0 Å². The van der Waals surface area contributed by atoms with E-state index in [0.717, 1.165) is 6.92 Å². The number of hydrogen-bond donors (Lipinski definition) is 4. The summed E-state index contributed by atoms with van der Waals surface area (Å²) in [5.74, 6) is -0.920. The van der Waals surface area contributed by atoms with Gasteiger partial charge in [-0.3, -0.25) is 4.79 Å². The number of aliphatic hydroxyl groups is 4. The van der Waals surface area contributed by atoms with Gasteiger partial charge in [0.2, 0.25) is 0 Å². The van der Waals surface area contributed by atoms with Gasteiger partial charge in [0.15, 0.2) is 11.4 Å². The van der Waals surface area contributed by atoms with Gasteiger partial charge < -0.3 is 20.4 Å². The third kappa shape index (κ3) is 2.25. The van der Waals surface area contributed by atoms with Crippen molar-refractivity contribution in [3.8, 4) is 0 Å². The molecule has 0 aromatic heterocycles. The van der Waals surface area contributed by atoms with Crippen molar-refractivity contribution in [2.24, 2.45) is 0 Å². The Morgan fingerprint density at radius 3 is 2.17 bits per heavy atom.